The van der Waals surface area contributed by atoms with E-state index in [-0.39, 0.29) is 0 Å². The summed E-state index contributed by atoms with van der Waals surface area (Å²) in [6.45, 7) is 0. The fourth-order valence-corrected chi connectivity index (χ4v) is 1.77. The maximum atomic E-state index is 6.05. The van der Waals surface area contributed by atoms with E-state index in [4.69, 9.17) is 34.8 Å². The molecule has 0 bridgehead atoms. The van der Waals surface area contributed by atoms with Gasteiger partial charge in [0.15, 0.2) is 5.82 Å². The summed E-state index contributed by atoms with van der Waals surface area (Å²) >= 11 is 18.0. The highest BCUT2D eigenvalue weighted by Gasteiger charge is 2.08. The minimum Gasteiger partial charge on any atom is -0.357 e. The third kappa shape index (κ3) is 2.96. The van der Waals surface area contributed by atoms with Crippen LogP contribution in [0.3, 0.4) is 0 Å². The second-order valence-electron chi connectivity index (χ2n) is 3.39. The Morgan fingerprint density at radius 3 is 2.61 bits per heavy atom. The van der Waals surface area contributed by atoms with Crippen molar-refractivity contribution in [2.45, 2.75) is 0 Å². The van der Waals surface area contributed by atoms with Crippen LogP contribution in [-0.2, 0) is 0 Å². The Morgan fingerprint density at radius 1 is 1.11 bits per heavy atom. The monoisotopic (exact) mass is 302 g/mol. The average molecular weight is 304 g/mol. The molecule has 0 aliphatic rings. The van der Waals surface area contributed by atoms with Gasteiger partial charge in [-0.25, -0.2) is 4.98 Å². The number of hydrogen-bond donors (Lipinski definition) is 2. The van der Waals surface area contributed by atoms with Crippen molar-refractivity contribution in [1.82, 2.24) is 9.97 Å². The summed E-state index contributed by atoms with van der Waals surface area (Å²) < 4.78 is 0. The molecule has 7 heteroatoms. The summed E-state index contributed by atoms with van der Waals surface area (Å²) in [5.74, 6) is 0.917. The largest absolute Gasteiger partial charge is 0.357 e. The van der Waals surface area contributed by atoms with Crippen LogP contribution in [0, 0.1) is 0 Å². The lowest BCUT2D eigenvalue weighted by Crippen LogP contribution is -2.01. The van der Waals surface area contributed by atoms with Gasteiger partial charge in [0.1, 0.15) is 5.02 Å². The van der Waals surface area contributed by atoms with Crippen LogP contribution in [0.5, 0.6) is 0 Å². The van der Waals surface area contributed by atoms with Crippen molar-refractivity contribution >= 4 is 52.3 Å². The smallest absolute Gasteiger partial charge is 0.224 e. The van der Waals surface area contributed by atoms with Crippen LogP contribution in [0.2, 0.25) is 15.1 Å². The van der Waals surface area contributed by atoms with E-state index in [2.05, 4.69) is 20.6 Å². The van der Waals surface area contributed by atoms with Gasteiger partial charge < -0.3 is 10.6 Å². The van der Waals surface area contributed by atoms with Crippen molar-refractivity contribution in [3.05, 3.63) is 39.5 Å². The Balaban J connectivity index is 2.36. The highest BCUT2D eigenvalue weighted by Crippen LogP contribution is 2.30. The standard InChI is InChI=1S/C11H9Cl3N4/c1-15-11-16-5-8(14)10(18-11)17-9-4-6(12)2-3-7(9)13/h2-5H,1H3,(H2,15,16,17,18). The van der Waals surface area contributed by atoms with Crippen LogP contribution in [-0.4, -0.2) is 17.0 Å². The highest BCUT2D eigenvalue weighted by atomic mass is 35.5. The molecule has 0 fully saturated rings. The first kappa shape index (κ1) is 13.2. The lowest BCUT2D eigenvalue weighted by molar-refractivity contribution is 1.15. The van der Waals surface area contributed by atoms with Crippen LogP contribution in [0.4, 0.5) is 17.5 Å². The Morgan fingerprint density at radius 2 is 1.89 bits per heavy atom. The second-order valence-corrected chi connectivity index (χ2v) is 4.64. The summed E-state index contributed by atoms with van der Waals surface area (Å²) in [7, 11) is 1.72. The van der Waals surface area contributed by atoms with Crippen LogP contribution < -0.4 is 10.6 Å². The van der Waals surface area contributed by atoms with Gasteiger partial charge in [-0.15, -0.1) is 0 Å². The van der Waals surface area contributed by atoms with Crippen molar-refractivity contribution < 1.29 is 0 Å². The second kappa shape index (κ2) is 5.61. The van der Waals surface area contributed by atoms with Crippen molar-refractivity contribution in [2.24, 2.45) is 0 Å². The van der Waals surface area contributed by atoms with Crippen molar-refractivity contribution in [2.75, 3.05) is 17.7 Å². The van der Waals surface area contributed by atoms with Gasteiger partial charge in [-0.1, -0.05) is 34.8 Å². The molecule has 0 radical (unpaired) electrons. The number of nitrogens with one attached hydrogen (secondary N) is 2. The van der Waals surface area contributed by atoms with E-state index in [0.717, 1.165) is 0 Å². The first-order valence-corrected chi connectivity index (χ1v) is 6.16. The molecular formula is C11H9Cl3N4. The van der Waals surface area contributed by atoms with E-state index >= 15 is 0 Å². The van der Waals surface area contributed by atoms with Gasteiger partial charge in [0, 0.05) is 12.1 Å². The molecule has 2 N–H and O–H groups in total. The maximum Gasteiger partial charge on any atom is 0.224 e. The Kier molecular flexibility index (Phi) is 4.11. The molecule has 0 saturated heterocycles. The van der Waals surface area contributed by atoms with E-state index in [1.807, 2.05) is 0 Å². The molecule has 0 amide bonds. The molecule has 2 rings (SSSR count). The lowest BCUT2D eigenvalue weighted by atomic mass is 10.3. The molecule has 4 nitrogen and oxygen atoms in total. The molecule has 0 aliphatic heterocycles. The third-order valence-electron chi connectivity index (χ3n) is 2.15. The van der Waals surface area contributed by atoms with Crippen molar-refractivity contribution in [1.29, 1.82) is 0 Å². The summed E-state index contributed by atoms with van der Waals surface area (Å²) in [5, 5.41) is 7.33. The van der Waals surface area contributed by atoms with Gasteiger partial charge >= 0.3 is 0 Å². The normalized spacial score (nSPS) is 10.2. The fraction of sp³-hybridized carbons (Fsp3) is 0.0909. The fourth-order valence-electron chi connectivity index (χ4n) is 1.30. The molecule has 18 heavy (non-hydrogen) atoms. The molecule has 0 atom stereocenters. The zero-order valence-corrected chi connectivity index (χ0v) is 11.6. The van der Waals surface area contributed by atoms with Gasteiger partial charge in [-0.3, -0.25) is 0 Å². The van der Waals surface area contributed by atoms with Crippen LogP contribution in [0.1, 0.15) is 0 Å². The van der Waals surface area contributed by atoms with Gasteiger partial charge in [0.25, 0.3) is 0 Å². The molecule has 0 saturated carbocycles. The summed E-state index contributed by atoms with van der Waals surface area (Å²) in [4.78, 5) is 8.18. The van der Waals surface area contributed by atoms with E-state index in [9.17, 15) is 0 Å². The van der Waals surface area contributed by atoms with Crippen LogP contribution in [0.15, 0.2) is 24.4 Å². The molecule has 94 valence electrons. The van der Waals surface area contributed by atoms with E-state index in [1.54, 1.807) is 25.2 Å². The zero-order valence-electron chi connectivity index (χ0n) is 9.34. The molecule has 0 aliphatic carbocycles. The van der Waals surface area contributed by atoms with Gasteiger partial charge in [0.05, 0.1) is 16.9 Å². The lowest BCUT2D eigenvalue weighted by Gasteiger charge is -2.10. The minimum atomic E-state index is 0.394. The highest BCUT2D eigenvalue weighted by molar-refractivity contribution is 6.36. The number of benzene rings is 1. The first-order chi connectivity index (χ1) is 8.60. The molecule has 0 unspecified atom stereocenters. The van der Waals surface area contributed by atoms with E-state index in [0.29, 0.717) is 32.5 Å². The molecule has 1 aromatic heterocycles. The topological polar surface area (TPSA) is 49.8 Å². The zero-order chi connectivity index (χ0) is 13.1. The minimum absolute atomic E-state index is 0.394. The SMILES string of the molecule is CNc1ncc(Cl)c(Nc2cc(Cl)ccc2Cl)n1. The molecular weight excluding hydrogens is 295 g/mol. The predicted molar refractivity (Wildman–Crippen MR) is 76.3 cm³/mol. The third-order valence-corrected chi connectivity index (χ3v) is 2.99. The van der Waals surface area contributed by atoms with E-state index in [1.165, 1.54) is 6.20 Å². The number of aromatic nitrogens is 2. The van der Waals surface area contributed by atoms with Crippen LogP contribution in [0.25, 0.3) is 0 Å². The Bertz CT molecular complexity index is 574. The number of rotatable bonds is 3. The Labute approximate surface area is 119 Å². The number of hydrogen-bond acceptors (Lipinski definition) is 4. The molecule has 0 spiro atoms. The number of anilines is 3. The summed E-state index contributed by atoms with van der Waals surface area (Å²) in [6, 6.07) is 5.09. The summed E-state index contributed by atoms with van der Waals surface area (Å²) in [5.41, 5.74) is 0.631. The van der Waals surface area contributed by atoms with E-state index < -0.39 is 0 Å². The quantitative estimate of drug-likeness (QED) is 0.891. The molecule has 1 heterocycles. The molecule has 2 aromatic rings. The predicted octanol–water partition coefficient (Wildman–Crippen LogP) is 4.22. The summed E-state index contributed by atoms with van der Waals surface area (Å²) in [6.07, 6.45) is 1.50. The van der Waals surface area contributed by atoms with Gasteiger partial charge in [-0.2, -0.15) is 4.98 Å². The molecule has 1 aromatic carbocycles. The first-order valence-electron chi connectivity index (χ1n) is 5.02. The maximum absolute atomic E-state index is 6.05. The van der Waals surface area contributed by atoms with Crippen LogP contribution >= 0.6 is 34.8 Å². The van der Waals surface area contributed by atoms with Crippen molar-refractivity contribution in [3.63, 3.8) is 0 Å². The van der Waals surface area contributed by atoms with Gasteiger partial charge in [-0.05, 0) is 18.2 Å². The average Bonchev–Trinajstić information content (AvgIpc) is 2.36. The van der Waals surface area contributed by atoms with Gasteiger partial charge in [0.2, 0.25) is 5.95 Å². The Hall–Kier alpha value is -1.23. The number of nitrogens with zero attached hydrogens (tertiary/aromatic N) is 2. The van der Waals surface area contributed by atoms with Crippen molar-refractivity contribution in [3.8, 4) is 0 Å². The number of halogens is 3.